The Labute approximate surface area is 113 Å². The molecule has 1 saturated carbocycles. The van der Waals surface area contributed by atoms with Crippen LogP contribution in [-0.2, 0) is 6.42 Å². The quantitative estimate of drug-likeness (QED) is 0.809. The van der Waals surface area contributed by atoms with Crippen molar-refractivity contribution in [2.24, 2.45) is 0 Å². The highest BCUT2D eigenvalue weighted by molar-refractivity contribution is 5.82. The molecule has 1 aromatic heterocycles. The lowest BCUT2D eigenvalue weighted by atomic mass is 9.89. The van der Waals surface area contributed by atoms with Gasteiger partial charge in [-0.2, -0.15) is 0 Å². The van der Waals surface area contributed by atoms with Gasteiger partial charge in [-0.05, 0) is 43.4 Å². The van der Waals surface area contributed by atoms with Crippen LogP contribution < -0.4 is 5.32 Å². The fraction of sp³-hybridized carbons (Fsp3) is 0.562. The zero-order valence-electron chi connectivity index (χ0n) is 11.3. The molecule has 2 aliphatic rings. The number of imidazole rings is 1. The molecule has 100 valence electrons. The molecule has 2 N–H and O–H groups in total. The molecule has 1 fully saturated rings. The number of aryl methyl sites for hydroxylation is 1. The second-order valence-corrected chi connectivity index (χ2v) is 6.01. The van der Waals surface area contributed by atoms with E-state index in [1.807, 2.05) is 0 Å². The predicted octanol–water partition coefficient (Wildman–Crippen LogP) is 3.97. The second kappa shape index (κ2) is 4.55. The Morgan fingerprint density at radius 3 is 2.84 bits per heavy atom. The van der Waals surface area contributed by atoms with Crippen molar-refractivity contribution in [3.05, 3.63) is 23.5 Å². The van der Waals surface area contributed by atoms with Gasteiger partial charge in [0.1, 0.15) is 5.82 Å². The maximum absolute atomic E-state index is 4.85. The molecule has 0 amide bonds. The van der Waals surface area contributed by atoms with Crippen LogP contribution in [0.4, 0.5) is 5.69 Å². The monoisotopic (exact) mass is 255 g/mol. The zero-order chi connectivity index (χ0) is 12.7. The van der Waals surface area contributed by atoms with Crippen molar-refractivity contribution in [3.63, 3.8) is 0 Å². The van der Waals surface area contributed by atoms with E-state index in [1.54, 1.807) is 0 Å². The lowest BCUT2D eigenvalue weighted by Gasteiger charge is -2.18. The second-order valence-electron chi connectivity index (χ2n) is 6.01. The molecule has 3 heteroatoms. The van der Waals surface area contributed by atoms with Crippen LogP contribution >= 0.6 is 0 Å². The highest BCUT2D eigenvalue weighted by atomic mass is 14.9. The Morgan fingerprint density at radius 2 is 1.95 bits per heavy atom. The van der Waals surface area contributed by atoms with E-state index < -0.39 is 0 Å². The third-order valence-corrected chi connectivity index (χ3v) is 4.66. The van der Waals surface area contributed by atoms with E-state index >= 15 is 0 Å². The van der Waals surface area contributed by atoms with Crippen LogP contribution in [0.25, 0.3) is 11.0 Å². The summed E-state index contributed by atoms with van der Waals surface area (Å²) in [4.78, 5) is 8.43. The summed E-state index contributed by atoms with van der Waals surface area (Å²) in [6.45, 7) is 1.10. The first-order valence-electron chi connectivity index (χ1n) is 7.66. The molecule has 4 rings (SSSR count). The fourth-order valence-corrected chi connectivity index (χ4v) is 3.56. The number of anilines is 1. The normalized spacial score (nSPS) is 20.2. The lowest BCUT2D eigenvalue weighted by molar-refractivity contribution is 0.431. The van der Waals surface area contributed by atoms with Crippen molar-refractivity contribution >= 4 is 16.7 Å². The Morgan fingerprint density at radius 1 is 1.05 bits per heavy atom. The van der Waals surface area contributed by atoms with E-state index in [4.69, 9.17) is 4.98 Å². The van der Waals surface area contributed by atoms with Crippen LogP contribution in [-0.4, -0.2) is 16.5 Å². The number of aromatic amines is 1. The Bertz CT molecular complexity index is 550. The van der Waals surface area contributed by atoms with Crippen molar-refractivity contribution in [2.75, 3.05) is 11.9 Å². The maximum Gasteiger partial charge on any atom is 0.110 e. The van der Waals surface area contributed by atoms with Crippen molar-refractivity contribution in [2.45, 2.75) is 50.9 Å². The number of fused-ring (bicyclic) bond motifs is 2. The van der Waals surface area contributed by atoms with Crippen molar-refractivity contribution in [3.8, 4) is 0 Å². The van der Waals surface area contributed by atoms with Gasteiger partial charge in [0, 0.05) is 18.2 Å². The van der Waals surface area contributed by atoms with Gasteiger partial charge in [-0.25, -0.2) is 4.98 Å². The molecule has 0 saturated heterocycles. The number of H-pyrrole nitrogens is 1. The van der Waals surface area contributed by atoms with Gasteiger partial charge < -0.3 is 10.3 Å². The van der Waals surface area contributed by atoms with Gasteiger partial charge in [0.15, 0.2) is 0 Å². The van der Waals surface area contributed by atoms with E-state index in [-0.39, 0.29) is 0 Å². The summed E-state index contributed by atoms with van der Waals surface area (Å²) in [6, 6.07) is 4.53. The van der Waals surface area contributed by atoms with Crippen molar-refractivity contribution < 1.29 is 0 Å². The molecular weight excluding hydrogens is 234 g/mol. The van der Waals surface area contributed by atoms with E-state index in [2.05, 4.69) is 22.4 Å². The topological polar surface area (TPSA) is 40.7 Å². The first-order chi connectivity index (χ1) is 9.40. The summed E-state index contributed by atoms with van der Waals surface area (Å²) >= 11 is 0. The molecule has 0 atom stereocenters. The van der Waals surface area contributed by atoms with Gasteiger partial charge in [-0.15, -0.1) is 0 Å². The van der Waals surface area contributed by atoms with Crippen LogP contribution in [0, 0.1) is 0 Å². The SMILES string of the molecule is c1c2c(cc3[nH]c(C4CCCCC4)nc13)CCCN2. The summed E-state index contributed by atoms with van der Waals surface area (Å²) in [5.41, 5.74) is 5.09. The number of rotatable bonds is 1. The van der Waals surface area contributed by atoms with Crippen LogP contribution in [0.1, 0.15) is 55.8 Å². The highest BCUT2D eigenvalue weighted by Gasteiger charge is 2.19. The molecule has 1 aliphatic heterocycles. The maximum atomic E-state index is 4.85. The highest BCUT2D eigenvalue weighted by Crippen LogP contribution is 2.33. The number of nitrogens with one attached hydrogen (secondary N) is 2. The molecule has 2 heterocycles. The van der Waals surface area contributed by atoms with Crippen molar-refractivity contribution in [1.29, 1.82) is 0 Å². The molecule has 0 spiro atoms. The van der Waals surface area contributed by atoms with Gasteiger partial charge in [0.25, 0.3) is 0 Å². The Hall–Kier alpha value is -1.51. The van der Waals surface area contributed by atoms with Gasteiger partial charge in [0.05, 0.1) is 11.0 Å². The average molecular weight is 255 g/mol. The van der Waals surface area contributed by atoms with Crippen LogP contribution in [0.2, 0.25) is 0 Å². The third-order valence-electron chi connectivity index (χ3n) is 4.66. The Kier molecular flexibility index (Phi) is 2.71. The number of aromatic nitrogens is 2. The molecule has 1 aliphatic carbocycles. The van der Waals surface area contributed by atoms with Crippen LogP contribution in [0.3, 0.4) is 0 Å². The van der Waals surface area contributed by atoms with Crippen molar-refractivity contribution in [1.82, 2.24) is 9.97 Å². The minimum Gasteiger partial charge on any atom is -0.385 e. The number of hydrogen-bond acceptors (Lipinski definition) is 2. The third kappa shape index (κ3) is 2.01. The largest absolute Gasteiger partial charge is 0.385 e. The number of benzene rings is 1. The number of nitrogens with zero attached hydrogens (tertiary/aromatic N) is 1. The van der Waals surface area contributed by atoms with E-state index in [0.717, 1.165) is 12.1 Å². The van der Waals surface area contributed by atoms with E-state index in [9.17, 15) is 0 Å². The molecule has 2 aromatic rings. The number of hydrogen-bond donors (Lipinski definition) is 2. The smallest absolute Gasteiger partial charge is 0.110 e. The zero-order valence-corrected chi connectivity index (χ0v) is 11.3. The van der Waals surface area contributed by atoms with Gasteiger partial charge in [-0.1, -0.05) is 19.3 Å². The summed E-state index contributed by atoms with van der Waals surface area (Å²) in [6.07, 6.45) is 9.15. The average Bonchev–Trinajstić information content (AvgIpc) is 2.88. The fourth-order valence-electron chi connectivity index (χ4n) is 3.56. The minimum atomic E-state index is 0.658. The minimum absolute atomic E-state index is 0.658. The first kappa shape index (κ1) is 11.3. The molecule has 19 heavy (non-hydrogen) atoms. The molecule has 0 radical (unpaired) electrons. The predicted molar refractivity (Wildman–Crippen MR) is 78.7 cm³/mol. The summed E-state index contributed by atoms with van der Waals surface area (Å²) < 4.78 is 0. The first-order valence-corrected chi connectivity index (χ1v) is 7.66. The van der Waals surface area contributed by atoms with Crippen LogP contribution in [0.15, 0.2) is 12.1 Å². The molecule has 1 aromatic carbocycles. The van der Waals surface area contributed by atoms with E-state index in [1.165, 1.54) is 67.5 Å². The molecule has 0 bridgehead atoms. The molecule has 3 nitrogen and oxygen atoms in total. The van der Waals surface area contributed by atoms with Gasteiger partial charge in [0.2, 0.25) is 0 Å². The summed E-state index contributed by atoms with van der Waals surface area (Å²) in [5.74, 6) is 1.88. The molecular formula is C16H21N3. The molecule has 0 unspecified atom stereocenters. The lowest BCUT2D eigenvalue weighted by Crippen LogP contribution is -2.11. The summed E-state index contributed by atoms with van der Waals surface area (Å²) in [7, 11) is 0. The van der Waals surface area contributed by atoms with Gasteiger partial charge >= 0.3 is 0 Å². The van der Waals surface area contributed by atoms with Crippen LogP contribution in [0.5, 0.6) is 0 Å². The van der Waals surface area contributed by atoms with Gasteiger partial charge in [-0.3, -0.25) is 0 Å². The summed E-state index contributed by atoms with van der Waals surface area (Å²) in [5, 5.41) is 3.49. The van der Waals surface area contributed by atoms with E-state index in [0.29, 0.717) is 5.92 Å². The standard InChI is InChI=1S/C16H21N3/c1-2-5-11(6-3-1)16-18-14-9-12-7-4-8-17-13(12)10-15(14)19-16/h9-11,17H,1-8H2,(H,18,19). The Balaban J connectivity index is 1.73.